The van der Waals surface area contributed by atoms with Crippen molar-refractivity contribution in [3.8, 4) is 0 Å². The lowest BCUT2D eigenvalue weighted by atomic mass is 10.4. The SMILES string of the molecule is C[Si](C)(C)c1cc(C(F)(F)F)[nH]n1. The largest absolute Gasteiger partial charge is 0.432 e. The van der Waals surface area contributed by atoms with Crippen molar-refractivity contribution < 1.29 is 13.2 Å². The van der Waals surface area contributed by atoms with Crippen molar-refractivity contribution >= 4 is 13.4 Å². The number of nitrogens with one attached hydrogen (secondary N) is 1. The lowest BCUT2D eigenvalue weighted by Crippen LogP contribution is -2.38. The molecule has 0 spiro atoms. The van der Waals surface area contributed by atoms with Gasteiger partial charge in [-0.15, -0.1) is 0 Å². The fraction of sp³-hybridized carbons (Fsp3) is 0.571. The van der Waals surface area contributed by atoms with Crippen LogP contribution in [0.3, 0.4) is 0 Å². The average Bonchev–Trinajstić information content (AvgIpc) is 2.28. The molecule has 1 N–H and O–H groups in total. The molecule has 1 aromatic rings. The Balaban J connectivity index is 3.01. The number of rotatable bonds is 1. The van der Waals surface area contributed by atoms with Gasteiger partial charge in [-0.05, 0) is 6.07 Å². The minimum atomic E-state index is -4.31. The molecule has 6 heteroatoms. The molecule has 74 valence electrons. The second-order valence-corrected chi connectivity index (χ2v) is 8.93. The maximum atomic E-state index is 12.1. The highest BCUT2D eigenvalue weighted by Crippen LogP contribution is 2.26. The van der Waals surface area contributed by atoms with Gasteiger partial charge in [0.1, 0.15) is 13.8 Å². The zero-order valence-electron chi connectivity index (χ0n) is 7.66. The second-order valence-electron chi connectivity index (χ2n) is 3.91. The molecule has 0 saturated heterocycles. The first-order chi connectivity index (χ1) is 5.71. The first kappa shape index (κ1) is 10.3. The predicted molar refractivity (Wildman–Crippen MR) is 46.6 cm³/mol. The van der Waals surface area contributed by atoms with Crippen LogP contribution in [0.4, 0.5) is 13.2 Å². The number of nitrogens with zero attached hydrogens (tertiary/aromatic N) is 1. The summed E-state index contributed by atoms with van der Waals surface area (Å²) in [6, 6.07) is 1.10. The van der Waals surface area contributed by atoms with E-state index in [1.807, 2.05) is 24.7 Å². The molecule has 0 aliphatic carbocycles. The van der Waals surface area contributed by atoms with Crippen molar-refractivity contribution in [2.45, 2.75) is 25.8 Å². The number of alkyl halides is 3. The summed E-state index contributed by atoms with van der Waals surface area (Å²) in [6.45, 7) is 5.84. The van der Waals surface area contributed by atoms with E-state index >= 15 is 0 Å². The van der Waals surface area contributed by atoms with Gasteiger partial charge in [-0.25, -0.2) is 0 Å². The van der Waals surface area contributed by atoms with Crippen molar-refractivity contribution in [3.05, 3.63) is 11.8 Å². The van der Waals surface area contributed by atoms with Gasteiger partial charge in [0.25, 0.3) is 0 Å². The van der Waals surface area contributed by atoms with E-state index in [4.69, 9.17) is 0 Å². The molecule has 0 aromatic carbocycles. The fourth-order valence-corrected chi connectivity index (χ4v) is 1.82. The number of halogens is 3. The summed E-state index contributed by atoms with van der Waals surface area (Å²) < 4.78 is 36.4. The molecule has 0 amide bonds. The fourth-order valence-electron chi connectivity index (χ4n) is 0.851. The average molecular weight is 208 g/mol. The van der Waals surface area contributed by atoms with Crippen LogP contribution in [0.25, 0.3) is 0 Å². The Morgan fingerprint density at radius 2 is 1.85 bits per heavy atom. The van der Waals surface area contributed by atoms with Crippen LogP contribution < -0.4 is 5.32 Å². The van der Waals surface area contributed by atoms with Crippen molar-refractivity contribution in [1.82, 2.24) is 10.2 Å². The Hall–Kier alpha value is -0.783. The maximum absolute atomic E-state index is 12.1. The Bertz CT molecular complexity index is 269. The second kappa shape index (κ2) is 2.86. The Morgan fingerprint density at radius 1 is 1.31 bits per heavy atom. The van der Waals surface area contributed by atoms with Crippen LogP contribution in [-0.4, -0.2) is 18.3 Å². The van der Waals surface area contributed by atoms with Crippen molar-refractivity contribution in [1.29, 1.82) is 0 Å². The van der Waals surface area contributed by atoms with E-state index < -0.39 is 19.9 Å². The standard InChI is InChI=1S/C7H11F3N2Si/c1-13(2,3)6-4-5(11-12-6)7(8,9)10/h4H,1-3H3,(H,11,12). The van der Waals surface area contributed by atoms with Gasteiger partial charge in [0.2, 0.25) is 0 Å². The molecular formula is C7H11F3N2Si. The quantitative estimate of drug-likeness (QED) is 0.702. The number of hydrogen-bond acceptors (Lipinski definition) is 1. The van der Waals surface area contributed by atoms with Gasteiger partial charge in [0.15, 0.2) is 0 Å². The van der Waals surface area contributed by atoms with E-state index in [0.29, 0.717) is 5.32 Å². The molecule has 0 atom stereocenters. The van der Waals surface area contributed by atoms with E-state index in [1.54, 1.807) is 0 Å². The Morgan fingerprint density at radius 3 is 2.08 bits per heavy atom. The molecule has 0 unspecified atom stereocenters. The topological polar surface area (TPSA) is 28.7 Å². The molecule has 0 aliphatic heterocycles. The number of H-pyrrole nitrogens is 1. The van der Waals surface area contributed by atoms with Crippen LogP contribution in [0, 0.1) is 0 Å². The molecule has 1 aromatic heterocycles. The van der Waals surface area contributed by atoms with Gasteiger partial charge in [-0.2, -0.15) is 18.3 Å². The molecule has 0 aliphatic rings. The summed E-state index contributed by atoms with van der Waals surface area (Å²) in [6.07, 6.45) is -4.31. The van der Waals surface area contributed by atoms with E-state index in [0.717, 1.165) is 6.07 Å². The van der Waals surface area contributed by atoms with Crippen LogP contribution in [0.15, 0.2) is 6.07 Å². The zero-order valence-corrected chi connectivity index (χ0v) is 8.66. The van der Waals surface area contributed by atoms with Crippen LogP contribution in [-0.2, 0) is 6.18 Å². The highest BCUT2D eigenvalue weighted by molar-refractivity contribution is 6.88. The van der Waals surface area contributed by atoms with Gasteiger partial charge < -0.3 is 0 Å². The van der Waals surface area contributed by atoms with Crippen LogP contribution in [0.2, 0.25) is 19.6 Å². The monoisotopic (exact) mass is 208 g/mol. The molecule has 13 heavy (non-hydrogen) atoms. The summed E-state index contributed by atoms with van der Waals surface area (Å²) in [4.78, 5) is 0. The first-order valence-corrected chi connectivity index (χ1v) is 7.34. The summed E-state index contributed by atoms with van der Waals surface area (Å²) >= 11 is 0. The molecule has 2 nitrogen and oxygen atoms in total. The van der Waals surface area contributed by atoms with Crippen molar-refractivity contribution in [2.24, 2.45) is 0 Å². The Kier molecular flexibility index (Phi) is 2.27. The molecule has 1 heterocycles. The molecule has 0 radical (unpaired) electrons. The normalized spacial score (nSPS) is 13.4. The van der Waals surface area contributed by atoms with E-state index in [-0.39, 0.29) is 0 Å². The Labute approximate surface area is 75.2 Å². The van der Waals surface area contributed by atoms with Gasteiger partial charge in [-0.3, -0.25) is 5.10 Å². The van der Waals surface area contributed by atoms with Gasteiger partial charge in [0, 0.05) is 5.32 Å². The van der Waals surface area contributed by atoms with Crippen molar-refractivity contribution in [3.63, 3.8) is 0 Å². The summed E-state index contributed by atoms with van der Waals surface area (Å²) in [5, 5.41) is 6.24. The molecule has 1 rings (SSSR count). The summed E-state index contributed by atoms with van der Waals surface area (Å²) in [5.41, 5.74) is -0.759. The number of hydrogen-bond donors (Lipinski definition) is 1. The molecule has 0 fully saturated rings. The molecular weight excluding hydrogens is 197 g/mol. The zero-order chi connectivity index (χ0) is 10.3. The van der Waals surface area contributed by atoms with Crippen LogP contribution in [0.1, 0.15) is 5.69 Å². The van der Waals surface area contributed by atoms with E-state index in [9.17, 15) is 13.2 Å². The highest BCUT2D eigenvalue weighted by atomic mass is 28.3. The van der Waals surface area contributed by atoms with Crippen LogP contribution in [0.5, 0.6) is 0 Å². The van der Waals surface area contributed by atoms with Crippen molar-refractivity contribution in [2.75, 3.05) is 0 Å². The van der Waals surface area contributed by atoms with E-state index in [1.165, 1.54) is 0 Å². The smallest absolute Gasteiger partial charge is 0.274 e. The minimum absolute atomic E-state index is 0.555. The molecule has 0 saturated carbocycles. The van der Waals surface area contributed by atoms with Gasteiger partial charge >= 0.3 is 6.18 Å². The van der Waals surface area contributed by atoms with E-state index in [2.05, 4.69) is 5.10 Å². The molecule has 0 bridgehead atoms. The number of aromatic nitrogens is 2. The summed E-state index contributed by atoms with van der Waals surface area (Å²) in [5.74, 6) is 0. The van der Waals surface area contributed by atoms with Crippen LogP contribution >= 0.6 is 0 Å². The third-order valence-corrected chi connectivity index (χ3v) is 3.44. The van der Waals surface area contributed by atoms with Gasteiger partial charge in [-0.1, -0.05) is 19.6 Å². The minimum Gasteiger partial charge on any atom is -0.274 e. The third-order valence-electron chi connectivity index (χ3n) is 1.65. The number of aromatic amines is 1. The highest BCUT2D eigenvalue weighted by Gasteiger charge is 2.34. The maximum Gasteiger partial charge on any atom is 0.432 e. The lowest BCUT2D eigenvalue weighted by Gasteiger charge is -2.10. The van der Waals surface area contributed by atoms with Gasteiger partial charge in [0.05, 0.1) is 0 Å². The third kappa shape index (κ3) is 2.33. The summed E-state index contributed by atoms with van der Waals surface area (Å²) in [7, 11) is -1.73. The lowest BCUT2D eigenvalue weighted by molar-refractivity contribution is -0.141. The predicted octanol–water partition coefficient (Wildman–Crippen LogP) is 1.97. The first-order valence-electron chi connectivity index (χ1n) is 3.84.